The van der Waals surface area contributed by atoms with Gasteiger partial charge in [-0.1, -0.05) is 11.6 Å². The lowest BCUT2D eigenvalue weighted by molar-refractivity contribution is 0.264. The number of nitrogens with one attached hydrogen (secondary N) is 1. The van der Waals surface area contributed by atoms with Gasteiger partial charge in [0.15, 0.2) is 5.88 Å². The molecule has 1 N–H and O–H groups in total. The van der Waals surface area contributed by atoms with Crippen molar-refractivity contribution in [3.05, 3.63) is 41.0 Å². The Morgan fingerprint density at radius 1 is 1.72 bits per heavy atom. The molecule has 0 aromatic carbocycles. The SMILES string of the molecule is COC(=CC#N)NCCSCc1ncccc1Cl. The number of hydrogen-bond acceptors (Lipinski definition) is 5. The molecule has 1 aromatic heterocycles. The van der Waals surface area contributed by atoms with Crippen LogP contribution in [-0.4, -0.2) is 24.4 Å². The molecule has 0 amide bonds. The smallest absolute Gasteiger partial charge is 0.197 e. The third-order valence-corrected chi connectivity index (χ3v) is 3.35. The Morgan fingerprint density at radius 2 is 2.56 bits per heavy atom. The number of hydrogen-bond donors (Lipinski definition) is 1. The molecule has 1 rings (SSSR count). The van der Waals surface area contributed by atoms with E-state index in [9.17, 15) is 0 Å². The molecule has 0 unspecified atom stereocenters. The fraction of sp³-hybridized carbons (Fsp3) is 0.333. The highest BCUT2D eigenvalue weighted by Crippen LogP contribution is 2.17. The first-order valence-corrected chi connectivity index (χ1v) is 6.86. The molecule has 1 aromatic rings. The quantitative estimate of drug-likeness (QED) is 0.473. The molecule has 0 aliphatic heterocycles. The first-order chi connectivity index (χ1) is 8.77. The van der Waals surface area contributed by atoms with Gasteiger partial charge in [-0.3, -0.25) is 4.98 Å². The van der Waals surface area contributed by atoms with Crippen molar-refractivity contribution in [2.24, 2.45) is 0 Å². The molecule has 0 saturated heterocycles. The number of thioether (sulfide) groups is 1. The minimum atomic E-state index is 0.481. The van der Waals surface area contributed by atoms with E-state index >= 15 is 0 Å². The average molecular weight is 284 g/mol. The van der Waals surface area contributed by atoms with E-state index in [1.165, 1.54) is 13.2 Å². The van der Waals surface area contributed by atoms with E-state index in [2.05, 4.69) is 10.3 Å². The van der Waals surface area contributed by atoms with Gasteiger partial charge in [0.1, 0.15) is 0 Å². The van der Waals surface area contributed by atoms with E-state index < -0.39 is 0 Å². The lowest BCUT2D eigenvalue weighted by Gasteiger charge is -2.08. The normalized spacial score (nSPS) is 10.8. The van der Waals surface area contributed by atoms with Crippen LogP contribution in [0.2, 0.25) is 5.02 Å². The number of rotatable bonds is 7. The molecule has 0 aliphatic rings. The van der Waals surface area contributed by atoms with Crippen molar-refractivity contribution in [3.63, 3.8) is 0 Å². The molecular formula is C12H14ClN3OS. The van der Waals surface area contributed by atoms with Gasteiger partial charge in [-0.2, -0.15) is 17.0 Å². The summed E-state index contributed by atoms with van der Waals surface area (Å²) in [6.45, 7) is 0.719. The summed E-state index contributed by atoms with van der Waals surface area (Å²) in [4.78, 5) is 4.20. The fourth-order valence-electron chi connectivity index (χ4n) is 1.18. The highest BCUT2D eigenvalue weighted by Gasteiger charge is 2.00. The van der Waals surface area contributed by atoms with Gasteiger partial charge in [0.05, 0.1) is 30.0 Å². The minimum Gasteiger partial charge on any atom is -0.482 e. The number of pyridine rings is 1. The van der Waals surface area contributed by atoms with Crippen LogP contribution in [0.1, 0.15) is 5.69 Å². The second kappa shape index (κ2) is 8.67. The maximum atomic E-state index is 8.48. The summed E-state index contributed by atoms with van der Waals surface area (Å²) >= 11 is 7.71. The number of halogens is 1. The van der Waals surface area contributed by atoms with Gasteiger partial charge in [0.25, 0.3) is 0 Å². The summed E-state index contributed by atoms with van der Waals surface area (Å²) in [6.07, 6.45) is 3.07. The zero-order chi connectivity index (χ0) is 13.2. The summed E-state index contributed by atoms with van der Waals surface area (Å²) in [5.74, 6) is 2.12. The Kier molecular flexibility index (Phi) is 7.07. The van der Waals surface area contributed by atoms with E-state index in [0.29, 0.717) is 10.9 Å². The fourth-order valence-corrected chi connectivity index (χ4v) is 2.26. The van der Waals surface area contributed by atoms with Gasteiger partial charge >= 0.3 is 0 Å². The van der Waals surface area contributed by atoms with E-state index in [-0.39, 0.29) is 0 Å². The van der Waals surface area contributed by atoms with E-state index in [1.54, 1.807) is 18.0 Å². The van der Waals surface area contributed by atoms with Gasteiger partial charge in [0.2, 0.25) is 0 Å². The first kappa shape index (κ1) is 14.7. The lowest BCUT2D eigenvalue weighted by atomic mass is 10.4. The lowest BCUT2D eigenvalue weighted by Crippen LogP contribution is -2.17. The molecule has 1 heterocycles. The van der Waals surface area contributed by atoms with Gasteiger partial charge in [-0.25, -0.2) is 0 Å². The van der Waals surface area contributed by atoms with Crippen LogP contribution < -0.4 is 5.32 Å². The van der Waals surface area contributed by atoms with Crippen molar-refractivity contribution in [1.29, 1.82) is 5.26 Å². The zero-order valence-corrected chi connectivity index (χ0v) is 11.6. The van der Waals surface area contributed by atoms with Crippen molar-refractivity contribution < 1.29 is 4.74 Å². The Labute approximate surface area is 116 Å². The Bertz CT molecular complexity index is 445. The predicted molar refractivity (Wildman–Crippen MR) is 74.1 cm³/mol. The predicted octanol–water partition coefficient (Wildman–Crippen LogP) is 2.57. The average Bonchev–Trinajstić information content (AvgIpc) is 2.39. The van der Waals surface area contributed by atoms with Crippen LogP contribution in [0.25, 0.3) is 0 Å². The minimum absolute atomic E-state index is 0.481. The van der Waals surface area contributed by atoms with Crippen molar-refractivity contribution in [1.82, 2.24) is 10.3 Å². The number of nitrogens with zero attached hydrogens (tertiary/aromatic N) is 2. The molecular weight excluding hydrogens is 270 g/mol. The van der Waals surface area contributed by atoms with E-state index in [1.807, 2.05) is 18.2 Å². The molecule has 0 aliphatic carbocycles. The molecule has 0 atom stereocenters. The van der Waals surface area contributed by atoms with Crippen molar-refractivity contribution >= 4 is 23.4 Å². The summed E-state index contributed by atoms with van der Waals surface area (Å²) in [7, 11) is 1.52. The Hall–Kier alpha value is -1.38. The Morgan fingerprint density at radius 3 is 3.22 bits per heavy atom. The van der Waals surface area contributed by atoms with Gasteiger partial charge in [0, 0.05) is 24.2 Å². The summed E-state index contributed by atoms with van der Waals surface area (Å²) in [6, 6.07) is 5.56. The summed E-state index contributed by atoms with van der Waals surface area (Å²) in [5, 5.41) is 12.2. The maximum absolute atomic E-state index is 8.48. The number of methoxy groups -OCH3 is 1. The molecule has 0 bridgehead atoms. The molecule has 18 heavy (non-hydrogen) atoms. The number of aromatic nitrogens is 1. The zero-order valence-electron chi connectivity index (χ0n) is 10.0. The largest absolute Gasteiger partial charge is 0.482 e. The van der Waals surface area contributed by atoms with Gasteiger partial charge < -0.3 is 10.1 Å². The monoisotopic (exact) mass is 283 g/mol. The molecule has 0 fully saturated rings. The van der Waals surface area contributed by atoms with Gasteiger partial charge in [-0.15, -0.1) is 0 Å². The van der Waals surface area contributed by atoms with Crippen molar-refractivity contribution in [3.8, 4) is 6.07 Å². The van der Waals surface area contributed by atoms with Crippen LogP contribution in [0.15, 0.2) is 30.3 Å². The topological polar surface area (TPSA) is 57.9 Å². The second-order valence-corrected chi connectivity index (χ2v) is 4.77. The molecule has 6 heteroatoms. The van der Waals surface area contributed by atoms with Crippen LogP contribution in [0.3, 0.4) is 0 Å². The third kappa shape index (κ3) is 5.30. The summed E-state index contributed by atoms with van der Waals surface area (Å²) in [5.41, 5.74) is 0.892. The van der Waals surface area contributed by atoms with Crippen LogP contribution in [0.4, 0.5) is 0 Å². The van der Waals surface area contributed by atoms with Crippen molar-refractivity contribution in [2.45, 2.75) is 5.75 Å². The molecule has 96 valence electrons. The maximum Gasteiger partial charge on any atom is 0.197 e. The molecule has 0 spiro atoms. The van der Waals surface area contributed by atoms with Crippen LogP contribution in [0.5, 0.6) is 0 Å². The van der Waals surface area contributed by atoms with Crippen LogP contribution >= 0.6 is 23.4 Å². The first-order valence-electron chi connectivity index (χ1n) is 5.32. The highest BCUT2D eigenvalue weighted by atomic mass is 35.5. The third-order valence-electron chi connectivity index (χ3n) is 2.03. The Balaban J connectivity index is 2.22. The number of ether oxygens (including phenoxy) is 1. The van der Waals surface area contributed by atoms with E-state index in [0.717, 1.165) is 23.7 Å². The molecule has 0 radical (unpaired) electrons. The van der Waals surface area contributed by atoms with Crippen LogP contribution in [0, 0.1) is 11.3 Å². The molecule has 0 saturated carbocycles. The second-order valence-electron chi connectivity index (χ2n) is 3.25. The highest BCUT2D eigenvalue weighted by molar-refractivity contribution is 7.98. The number of nitriles is 1. The van der Waals surface area contributed by atoms with Crippen LogP contribution in [-0.2, 0) is 10.5 Å². The molecule has 4 nitrogen and oxygen atoms in total. The standard InChI is InChI=1S/C12H14ClN3OS/c1-17-12(4-5-14)16-7-8-18-9-11-10(13)3-2-6-15-11/h2-4,6,16H,7-9H2,1H3. The summed E-state index contributed by atoms with van der Waals surface area (Å²) < 4.78 is 4.96. The van der Waals surface area contributed by atoms with E-state index in [4.69, 9.17) is 21.6 Å². The van der Waals surface area contributed by atoms with Gasteiger partial charge in [-0.05, 0) is 12.1 Å². The van der Waals surface area contributed by atoms with Crippen molar-refractivity contribution in [2.75, 3.05) is 19.4 Å². The number of allylic oxidation sites excluding steroid dienone is 1.